The standard InChI is InChI=1S/C35H33Cl2FN6O5/c1-18(45)43-14-35(15-43)16-44(17-35)26-11-8-19-12-25(40-32(49-4)27(19)26)20-9-10-23(38)28(30(20)37)21-6-5-7-24(29(21)36)39-31(46)22-13-41(2)34(48)42(3)33(22)47/h5-7,9-10,12-13,26H,8,11,14-17H2,1-4H3,(H,39,46)/t26-/m0/s1. The third-order valence-corrected chi connectivity index (χ3v) is 10.7. The van der Waals surface area contributed by atoms with Gasteiger partial charge in [0, 0.05) is 87.1 Å². The molecule has 254 valence electrons. The summed E-state index contributed by atoms with van der Waals surface area (Å²) in [6, 6.07) is 9.65. The summed E-state index contributed by atoms with van der Waals surface area (Å²) < 4.78 is 23.4. The van der Waals surface area contributed by atoms with Crippen molar-refractivity contribution in [1.82, 2.24) is 23.9 Å². The van der Waals surface area contributed by atoms with Gasteiger partial charge in [-0.3, -0.25) is 23.9 Å². The van der Waals surface area contributed by atoms with Crippen molar-refractivity contribution in [3.05, 3.63) is 96.0 Å². The van der Waals surface area contributed by atoms with Crippen molar-refractivity contribution < 1.29 is 18.7 Å². The Hall–Kier alpha value is -4.52. The zero-order chi connectivity index (χ0) is 34.9. The number of likely N-dealkylation sites (tertiary alicyclic amines) is 2. The summed E-state index contributed by atoms with van der Waals surface area (Å²) in [4.78, 5) is 58.7. The summed E-state index contributed by atoms with van der Waals surface area (Å²) in [5.74, 6) is -0.818. The summed E-state index contributed by atoms with van der Waals surface area (Å²) in [6.07, 6.45) is 2.87. The number of carbonyl (C=O) groups is 2. The number of carbonyl (C=O) groups excluding carboxylic acids is 2. The lowest BCUT2D eigenvalue weighted by atomic mass is 9.72. The van der Waals surface area contributed by atoms with Crippen LogP contribution in [0, 0.1) is 11.2 Å². The van der Waals surface area contributed by atoms with E-state index in [9.17, 15) is 19.2 Å². The molecule has 4 aromatic rings. The molecule has 7 rings (SSSR count). The number of amides is 2. The molecule has 0 radical (unpaired) electrons. The monoisotopic (exact) mass is 706 g/mol. The largest absolute Gasteiger partial charge is 0.481 e. The third kappa shape index (κ3) is 5.42. The van der Waals surface area contributed by atoms with Crippen LogP contribution in [0.3, 0.4) is 0 Å². The quantitative estimate of drug-likeness (QED) is 0.310. The molecule has 2 amide bonds. The number of rotatable bonds is 6. The van der Waals surface area contributed by atoms with Crippen LogP contribution < -0.4 is 21.3 Å². The Morgan fingerprint density at radius 1 is 1.04 bits per heavy atom. The van der Waals surface area contributed by atoms with Gasteiger partial charge >= 0.3 is 5.69 Å². The van der Waals surface area contributed by atoms with Gasteiger partial charge in [-0.25, -0.2) is 14.2 Å². The molecule has 1 N–H and O–H groups in total. The predicted molar refractivity (Wildman–Crippen MR) is 184 cm³/mol. The van der Waals surface area contributed by atoms with E-state index in [-0.39, 0.29) is 49.8 Å². The van der Waals surface area contributed by atoms with Crippen LogP contribution in [0.5, 0.6) is 5.88 Å². The van der Waals surface area contributed by atoms with E-state index < -0.39 is 23.0 Å². The molecule has 49 heavy (non-hydrogen) atoms. The van der Waals surface area contributed by atoms with Crippen molar-refractivity contribution in [1.29, 1.82) is 0 Å². The van der Waals surface area contributed by atoms with E-state index in [1.165, 1.54) is 26.2 Å². The van der Waals surface area contributed by atoms with Gasteiger partial charge in [0.15, 0.2) is 0 Å². The fourth-order valence-electron chi connectivity index (χ4n) is 7.43. The minimum atomic E-state index is -0.789. The summed E-state index contributed by atoms with van der Waals surface area (Å²) in [7, 11) is 4.28. The molecule has 2 aliphatic heterocycles. The first-order chi connectivity index (χ1) is 23.3. The van der Waals surface area contributed by atoms with Gasteiger partial charge in [0.2, 0.25) is 11.8 Å². The summed E-state index contributed by atoms with van der Waals surface area (Å²) in [6.45, 7) is 5.04. The smallest absolute Gasteiger partial charge is 0.330 e. The summed E-state index contributed by atoms with van der Waals surface area (Å²) >= 11 is 13.7. The number of anilines is 1. The van der Waals surface area contributed by atoms with Gasteiger partial charge in [-0.1, -0.05) is 35.3 Å². The van der Waals surface area contributed by atoms with Crippen molar-refractivity contribution >= 4 is 40.7 Å². The second kappa shape index (κ2) is 12.1. The molecule has 2 fully saturated rings. The second-order valence-corrected chi connectivity index (χ2v) is 13.9. The van der Waals surface area contributed by atoms with Crippen molar-refractivity contribution in [3.63, 3.8) is 0 Å². The first-order valence-corrected chi connectivity index (χ1v) is 16.5. The Morgan fingerprint density at radius 3 is 2.47 bits per heavy atom. The van der Waals surface area contributed by atoms with Gasteiger partial charge in [-0.15, -0.1) is 0 Å². The maximum atomic E-state index is 15.6. The summed E-state index contributed by atoms with van der Waals surface area (Å²) in [5, 5.41) is 2.68. The number of hydrogen-bond acceptors (Lipinski definition) is 7. The molecule has 0 unspecified atom stereocenters. The number of fused-ring (bicyclic) bond motifs is 1. The average Bonchev–Trinajstić information content (AvgIpc) is 3.45. The molecule has 1 atom stereocenters. The van der Waals surface area contributed by atoms with Crippen LogP contribution in [0.1, 0.15) is 40.9 Å². The number of aromatic nitrogens is 3. The van der Waals surface area contributed by atoms with Crippen LogP contribution in [-0.2, 0) is 25.3 Å². The zero-order valence-electron chi connectivity index (χ0n) is 27.3. The van der Waals surface area contributed by atoms with Crippen LogP contribution >= 0.6 is 23.2 Å². The highest BCUT2D eigenvalue weighted by molar-refractivity contribution is 6.39. The Bertz CT molecular complexity index is 2190. The maximum Gasteiger partial charge on any atom is 0.330 e. The molecule has 2 saturated heterocycles. The van der Waals surface area contributed by atoms with Gasteiger partial charge in [0.1, 0.15) is 11.4 Å². The molecular weight excluding hydrogens is 674 g/mol. The molecule has 4 heterocycles. The van der Waals surface area contributed by atoms with Crippen LogP contribution in [0.2, 0.25) is 10.0 Å². The predicted octanol–water partition coefficient (Wildman–Crippen LogP) is 4.67. The lowest BCUT2D eigenvalue weighted by Gasteiger charge is -2.61. The van der Waals surface area contributed by atoms with E-state index in [1.54, 1.807) is 32.2 Å². The highest BCUT2D eigenvalue weighted by Crippen LogP contribution is 2.50. The SMILES string of the molecule is COc1nc(-c2ccc(F)c(-c3cccc(NC(=O)c4cn(C)c(=O)n(C)c4=O)c3Cl)c2Cl)cc2c1[C@@H](N1CC3(CN(C(C)=O)C3)C1)CC2. The number of aryl methyl sites for hydroxylation is 2. The summed E-state index contributed by atoms with van der Waals surface area (Å²) in [5.41, 5.74) is 2.03. The Kier molecular flexibility index (Phi) is 8.16. The van der Waals surface area contributed by atoms with Crippen LogP contribution in [0.4, 0.5) is 10.1 Å². The number of nitrogens with zero attached hydrogens (tertiary/aromatic N) is 5. The molecule has 0 bridgehead atoms. The van der Waals surface area contributed by atoms with E-state index in [1.807, 2.05) is 11.0 Å². The molecule has 2 aromatic heterocycles. The molecule has 1 spiro atoms. The number of nitrogens with one attached hydrogen (secondary N) is 1. The topological polar surface area (TPSA) is 119 Å². The van der Waals surface area contributed by atoms with E-state index in [0.29, 0.717) is 17.1 Å². The van der Waals surface area contributed by atoms with Crippen molar-refractivity contribution in [3.8, 4) is 28.3 Å². The van der Waals surface area contributed by atoms with Crippen molar-refractivity contribution in [2.24, 2.45) is 19.5 Å². The van der Waals surface area contributed by atoms with E-state index >= 15 is 4.39 Å². The van der Waals surface area contributed by atoms with Crippen LogP contribution in [0.15, 0.2) is 52.2 Å². The molecule has 14 heteroatoms. The van der Waals surface area contributed by atoms with Gasteiger partial charge < -0.3 is 19.5 Å². The minimum absolute atomic E-state index is 0.00276. The van der Waals surface area contributed by atoms with E-state index in [2.05, 4.69) is 10.2 Å². The average molecular weight is 708 g/mol. The normalized spacial score (nSPS) is 17.8. The van der Waals surface area contributed by atoms with Gasteiger partial charge in [0.05, 0.1) is 28.5 Å². The minimum Gasteiger partial charge on any atom is -0.481 e. The molecule has 1 aliphatic carbocycles. The van der Waals surface area contributed by atoms with Crippen LogP contribution in [0.25, 0.3) is 22.4 Å². The highest BCUT2D eigenvalue weighted by Gasteiger charge is 2.55. The molecule has 2 aromatic carbocycles. The second-order valence-electron chi connectivity index (χ2n) is 13.1. The van der Waals surface area contributed by atoms with Crippen molar-refractivity contribution in [2.45, 2.75) is 25.8 Å². The number of ether oxygens (including phenoxy) is 1. The van der Waals surface area contributed by atoms with E-state index in [0.717, 1.165) is 65.5 Å². The molecule has 11 nitrogen and oxygen atoms in total. The number of methoxy groups -OCH3 is 1. The fraction of sp³-hybridized carbons (Fsp3) is 0.343. The number of benzene rings is 2. The number of pyridine rings is 1. The highest BCUT2D eigenvalue weighted by atomic mass is 35.5. The molecule has 3 aliphatic rings. The van der Waals surface area contributed by atoms with Gasteiger partial charge in [-0.2, -0.15) is 0 Å². The Labute approximate surface area is 290 Å². The van der Waals surface area contributed by atoms with Crippen molar-refractivity contribution in [2.75, 3.05) is 38.6 Å². The first kappa shape index (κ1) is 33.0. The van der Waals surface area contributed by atoms with Gasteiger partial charge in [-0.05, 0) is 42.7 Å². The van der Waals surface area contributed by atoms with Crippen LogP contribution in [-0.4, -0.2) is 69.0 Å². The molecular formula is C35H33Cl2FN6O5. The first-order valence-electron chi connectivity index (χ1n) is 15.7. The number of halogens is 3. The third-order valence-electron chi connectivity index (χ3n) is 9.91. The van der Waals surface area contributed by atoms with Gasteiger partial charge in [0.25, 0.3) is 11.5 Å². The zero-order valence-corrected chi connectivity index (χ0v) is 28.8. The fourth-order valence-corrected chi connectivity index (χ4v) is 8.05. The number of hydrogen-bond donors (Lipinski definition) is 1. The maximum absolute atomic E-state index is 15.6. The Balaban J connectivity index is 1.19. The lowest BCUT2D eigenvalue weighted by Crippen LogP contribution is -2.72. The molecule has 0 saturated carbocycles. The lowest BCUT2D eigenvalue weighted by molar-refractivity contribution is -0.161. The Morgan fingerprint density at radius 2 is 1.78 bits per heavy atom. The van der Waals surface area contributed by atoms with E-state index in [4.69, 9.17) is 32.9 Å².